The number of methoxy groups -OCH3 is 1. The zero-order chi connectivity index (χ0) is 15.1. The van der Waals surface area contributed by atoms with Gasteiger partial charge in [0.1, 0.15) is 12.4 Å². The fraction of sp³-hybridized carbons (Fsp3) is 0.167. The first-order valence-corrected chi connectivity index (χ1v) is 7.32. The van der Waals surface area contributed by atoms with Gasteiger partial charge in [-0.15, -0.1) is 0 Å². The number of nitrogens with one attached hydrogen (secondary N) is 1. The number of pyridine rings is 1. The molecule has 0 saturated carbocycles. The fourth-order valence-electron chi connectivity index (χ4n) is 3.07. The van der Waals surface area contributed by atoms with E-state index in [-0.39, 0.29) is 30.6 Å². The number of ether oxygens (including phenoxy) is 1. The van der Waals surface area contributed by atoms with Crippen LogP contribution in [0.4, 0.5) is 0 Å². The highest BCUT2D eigenvalue weighted by Gasteiger charge is 2.12. The molecule has 0 atom stereocenters. The smallest absolute Gasteiger partial charge is 0.177 e. The van der Waals surface area contributed by atoms with Crippen LogP contribution in [-0.2, 0) is 6.54 Å². The third-order valence-corrected chi connectivity index (χ3v) is 4.14. The molecule has 0 spiro atoms. The summed E-state index contributed by atoms with van der Waals surface area (Å²) < 4.78 is 7.38. The first kappa shape index (κ1) is 16.0. The summed E-state index contributed by atoms with van der Waals surface area (Å²) in [6.07, 6.45) is 4.10. The van der Waals surface area contributed by atoms with E-state index < -0.39 is 0 Å². The summed E-state index contributed by atoms with van der Waals surface area (Å²) in [5.41, 5.74) is 2.21. The second-order valence-electron chi connectivity index (χ2n) is 5.43. The number of H-pyrrole nitrogens is 1. The van der Waals surface area contributed by atoms with Gasteiger partial charge >= 0.3 is 0 Å². The molecule has 2 heterocycles. The molecule has 5 heteroatoms. The van der Waals surface area contributed by atoms with E-state index in [2.05, 4.69) is 35.4 Å². The summed E-state index contributed by atoms with van der Waals surface area (Å²) in [4.78, 5) is 3.46. The molecule has 2 aromatic heterocycles. The number of hydrogen-bond acceptors (Lipinski definition) is 2. The maximum atomic E-state index is 9.16. The number of rotatable bonds is 3. The minimum Gasteiger partial charge on any atom is -1.00 e. The predicted octanol–water partition coefficient (Wildman–Crippen LogP) is -0.233. The molecule has 0 aliphatic heterocycles. The lowest BCUT2D eigenvalue weighted by Gasteiger charge is -2.02. The van der Waals surface area contributed by atoms with E-state index in [1.54, 1.807) is 7.11 Å². The van der Waals surface area contributed by atoms with Crippen molar-refractivity contribution >= 4 is 32.6 Å². The van der Waals surface area contributed by atoms with Crippen LogP contribution in [0.5, 0.6) is 5.75 Å². The molecule has 118 valence electrons. The van der Waals surface area contributed by atoms with Gasteiger partial charge in [-0.2, -0.15) is 0 Å². The maximum absolute atomic E-state index is 9.16. The fourth-order valence-corrected chi connectivity index (χ4v) is 3.07. The summed E-state index contributed by atoms with van der Waals surface area (Å²) in [6, 6.07) is 12.4. The molecular weight excluding hydrogens is 403 g/mol. The van der Waals surface area contributed by atoms with Gasteiger partial charge in [-0.1, -0.05) is 6.07 Å². The van der Waals surface area contributed by atoms with Gasteiger partial charge in [-0.25, -0.2) is 4.57 Å². The minimum atomic E-state index is 0. The highest BCUT2D eigenvalue weighted by atomic mass is 127. The Morgan fingerprint density at radius 1 is 1.09 bits per heavy atom. The molecule has 0 radical (unpaired) electrons. The van der Waals surface area contributed by atoms with Gasteiger partial charge in [0.2, 0.25) is 0 Å². The Kier molecular flexibility index (Phi) is 4.41. The van der Waals surface area contributed by atoms with Crippen LogP contribution in [0.2, 0.25) is 0 Å². The predicted molar refractivity (Wildman–Crippen MR) is 87.1 cm³/mol. The van der Waals surface area contributed by atoms with E-state index in [0.29, 0.717) is 6.54 Å². The Balaban J connectivity index is 0.00000156. The van der Waals surface area contributed by atoms with Crippen molar-refractivity contribution in [3.8, 4) is 5.75 Å². The number of nitrogens with zero attached hydrogens (tertiary/aromatic N) is 1. The molecule has 4 aromatic rings. The second-order valence-corrected chi connectivity index (χ2v) is 5.43. The van der Waals surface area contributed by atoms with E-state index in [0.717, 1.165) is 22.2 Å². The topological polar surface area (TPSA) is 49.1 Å². The van der Waals surface area contributed by atoms with Crippen molar-refractivity contribution in [3.05, 3.63) is 48.8 Å². The highest BCUT2D eigenvalue weighted by Crippen LogP contribution is 2.33. The average Bonchev–Trinajstić information content (AvgIpc) is 2.93. The highest BCUT2D eigenvalue weighted by molar-refractivity contribution is 6.19. The number of fused-ring (bicyclic) bond motifs is 5. The molecule has 0 amide bonds. The monoisotopic (exact) mass is 420 g/mol. The zero-order valence-electron chi connectivity index (χ0n) is 12.7. The molecule has 0 unspecified atom stereocenters. The first-order chi connectivity index (χ1) is 10.8. The van der Waals surface area contributed by atoms with E-state index in [1.165, 1.54) is 16.2 Å². The van der Waals surface area contributed by atoms with Crippen molar-refractivity contribution in [2.24, 2.45) is 0 Å². The molecular formula is C18H17IN2O2. The van der Waals surface area contributed by atoms with Crippen LogP contribution in [0.15, 0.2) is 48.8 Å². The number of halogens is 1. The number of aromatic amines is 1. The quantitative estimate of drug-likeness (QED) is 0.356. The summed E-state index contributed by atoms with van der Waals surface area (Å²) >= 11 is 0. The third-order valence-electron chi connectivity index (χ3n) is 4.14. The van der Waals surface area contributed by atoms with Crippen molar-refractivity contribution in [3.63, 3.8) is 0 Å². The third kappa shape index (κ3) is 2.64. The Morgan fingerprint density at radius 2 is 1.91 bits per heavy atom. The number of aromatic nitrogens is 2. The van der Waals surface area contributed by atoms with Crippen LogP contribution >= 0.6 is 0 Å². The molecule has 2 aromatic carbocycles. The number of benzene rings is 2. The van der Waals surface area contributed by atoms with Gasteiger partial charge in [-0.05, 0) is 29.7 Å². The van der Waals surface area contributed by atoms with Gasteiger partial charge in [0.05, 0.1) is 12.5 Å². The lowest BCUT2D eigenvalue weighted by atomic mass is 10.1. The Hall–Kier alpha value is -1.86. The van der Waals surface area contributed by atoms with Crippen LogP contribution in [0, 0.1) is 0 Å². The van der Waals surface area contributed by atoms with Crippen LogP contribution in [0.1, 0.15) is 0 Å². The van der Waals surface area contributed by atoms with E-state index in [1.807, 2.05) is 22.9 Å². The van der Waals surface area contributed by atoms with Gasteiger partial charge in [0.25, 0.3) is 0 Å². The number of aliphatic hydroxyl groups is 1. The standard InChI is InChI=1S/C18H16N2O2.HI/c1-22-13-3-5-16-14(10-13)18-15-11-20(8-9-21)7-6-12(15)2-4-17(18)19-16;/h2-7,10-11,21H,8-9H2,1H3;1H. The summed E-state index contributed by atoms with van der Waals surface area (Å²) in [5, 5.41) is 13.9. The molecule has 0 aliphatic carbocycles. The van der Waals surface area contributed by atoms with Crippen molar-refractivity contribution in [2.45, 2.75) is 6.54 Å². The SMILES string of the molecule is COc1ccc2[nH]c3ccc4cc[n+](CCO)cc4c3c2c1.[I-]. The first-order valence-electron chi connectivity index (χ1n) is 7.32. The van der Waals surface area contributed by atoms with E-state index in [4.69, 9.17) is 9.84 Å². The molecule has 0 bridgehead atoms. The summed E-state index contributed by atoms with van der Waals surface area (Å²) in [5.74, 6) is 0.851. The maximum Gasteiger partial charge on any atom is 0.177 e. The Bertz CT molecular complexity index is 994. The minimum absolute atomic E-state index is 0. The molecule has 0 aliphatic rings. The Morgan fingerprint density at radius 3 is 2.70 bits per heavy atom. The zero-order valence-corrected chi connectivity index (χ0v) is 14.9. The summed E-state index contributed by atoms with van der Waals surface area (Å²) in [7, 11) is 1.68. The molecule has 2 N–H and O–H groups in total. The van der Waals surface area contributed by atoms with E-state index in [9.17, 15) is 0 Å². The van der Waals surface area contributed by atoms with Crippen LogP contribution in [0.3, 0.4) is 0 Å². The Labute approximate surface area is 150 Å². The van der Waals surface area contributed by atoms with Gasteiger partial charge in [0, 0.05) is 27.9 Å². The van der Waals surface area contributed by atoms with Crippen molar-refractivity contribution in [1.29, 1.82) is 0 Å². The van der Waals surface area contributed by atoms with Gasteiger partial charge in [0.15, 0.2) is 18.9 Å². The normalized spacial score (nSPS) is 11.0. The van der Waals surface area contributed by atoms with Crippen LogP contribution in [-0.4, -0.2) is 23.8 Å². The average molecular weight is 420 g/mol. The number of aliphatic hydroxyl groups excluding tert-OH is 1. The van der Waals surface area contributed by atoms with Crippen molar-refractivity contribution < 1.29 is 38.4 Å². The summed E-state index contributed by atoms with van der Waals surface area (Å²) in [6.45, 7) is 0.728. The van der Waals surface area contributed by atoms with Crippen molar-refractivity contribution in [1.82, 2.24) is 4.98 Å². The largest absolute Gasteiger partial charge is 1.00 e. The van der Waals surface area contributed by atoms with Crippen LogP contribution in [0.25, 0.3) is 32.6 Å². The van der Waals surface area contributed by atoms with Gasteiger partial charge in [-0.3, -0.25) is 0 Å². The second kappa shape index (κ2) is 6.33. The molecule has 0 fully saturated rings. The molecule has 4 rings (SSSR count). The lowest BCUT2D eigenvalue weighted by molar-refractivity contribution is -0.696. The molecule has 0 saturated heterocycles. The van der Waals surface area contributed by atoms with Crippen LogP contribution < -0.4 is 33.3 Å². The van der Waals surface area contributed by atoms with Crippen molar-refractivity contribution in [2.75, 3.05) is 13.7 Å². The lowest BCUT2D eigenvalue weighted by Crippen LogP contribution is -3.00. The van der Waals surface area contributed by atoms with Gasteiger partial charge < -0.3 is 38.8 Å². The molecule has 23 heavy (non-hydrogen) atoms. The van der Waals surface area contributed by atoms with E-state index >= 15 is 0 Å². The molecule has 4 nitrogen and oxygen atoms in total. The number of hydrogen-bond donors (Lipinski definition) is 2.